The largest absolute Gasteiger partial charge is 0.493 e. The fourth-order valence-electron chi connectivity index (χ4n) is 2.25. The summed E-state index contributed by atoms with van der Waals surface area (Å²) in [5, 5.41) is 8.77. The van der Waals surface area contributed by atoms with Crippen molar-refractivity contribution in [2.75, 3.05) is 12.8 Å². The molecule has 0 aliphatic heterocycles. The zero-order valence-electron chi connectivity index (χ0n) is 14.1. The van der Waals surface area contributed by atoms with Gasteiger partial charge in [0.25, 0.3) is 0 Å². The molecule has 0 aliphatic rings. The van der Waals surface area contributed by atoms with Crippen LogP contribution in [0.5, 0.6) is 11.5 Å². The zero-order chi connectivity index (χ0) is 19.4. The Hall–Kier alpha value is -2.41. The molecule has 9 heteroatoms. The average molecular weight is 427 g/mol. The molecular weight excluding hydrogens is 413 g/mol. The van der Waals surface area contributed by atoms with E-state index in [0.29, 0.717) is 26.6 Å². The molecule has 2 aromatic carbocycles. The summed E-state index contributed by atoms with van der Waals surface area (Å²) >= 11 is 18.4. The van der Waals surface area contributed by atoms with Crippen molar-refractivity contribution in [1.82, 2.24) is 10.2 Å². The van der Waals surface area contributed by atoms with Crippen LogP contribution in [-0.4, -0.2) is 17.3 Å². The molecule has 0 bridgehead atoms. The number of nitrogens with two attached hydrogens (primary N) is 1. The van der Waals surface area contributed by atoms with Crippen LogP contribution >= 0.6 is 34.8 Å². The number of anilines is 1. The molecule has 3 rings (SSSR count). The Labute approximate surface area is 170 Å². The fraction of sp³-hybridized carbons (Fsp3) is 0.111. The van der Waals surface area contributed by atoms with E-state index < -0.39 is 0 Å². The third-order valence-electron chi connectivity index (χ3n) is 3.51. The van der Waals surface area contributed by atoms with Crippen LogP contribution in [-0.2, 0) is 6.61 Å². The summed E-state index contributed by atoms with van der Waals surface area (Å²) in [6, 6.07) is 8.66. The highest BCUT2D eigenvalue weighted by molar-refractivity contribution is 6.35. The first kappa shape index (κ1) is 19.4. The number of aromatic nitrogens is 2. The van der Waals surface area contributed by atoms with Crippen molar-refractivity contribution >= 4 is 53.0 Å². The Morgan fingerprint density at radius 2 is 1.89 bits per heavy atom. The van der Waals surface area contributed by atoms with Crippen LogP contribution in [0.4, 0.5) is 6.01 Å². The number of halogens is 3. The molecule has 1 aromatic heterocycles. The highest BCUT2D eigenvalue weighted by Gasteiger charge is 2.13. The summed E-state index contributed by atoms with van der Waals surface area (Å²) in [6.07, 6.45) is 3.35. The first-order chi connectivity index (χ1) is 13.0. The summed E-state index contributed by atoms with van der Waals surface area (Å²) in [5.74, 6) is 1.15. The van der Waals surface area contributed by atoms with Gasteiger partial charge in [0.2, 0.25) is 5.89 Å². The lowest BCUT2D eigenvalue weighted by molar-refractivity contribution is 0.285. The molecule has 6 nitrogen and oxygen atoms in total. The van der Waals surface area contributed by atoms with Gasteiger partial charge in [-0.15, -0.1) is 5.10 Å². The van der Waals surface area contributed by atoms with Gasteiger partial charge in [0.1, 0.15) is 6.61 Å². The van der Waals surface area contributed by atoms with Crippen molar-refractivity contribution in [3.05, 3.63) is 62.4 Å². The fourth-order valence-corrected chi connectivity index (χ4v) is 2.98. The topological polar surface area (TPSA) is 83.4 Å². The number of nitrogens with zero attached hydrogens (tertiary/aromatic N) is 2. The van der Waals surface area contributed by atoms with Crippen LogP contribution in [0.25, 0.3) is 12.2 Å². The number of hydrogen-bond donors (Lipinski definition) is 1. The Morgan fingerprint density at radius 3 is 2.56 bits per heavy atom. The number of ether oxygens (including phenoxy) is 2. The van der Waals surface area contributed by atoms with Gasteiger partial charge in [-0.1, -0.05) is 46.0 Å². The Kier molecular flexibility index (Phi) is 6.11. The van der Waals surface area contributed by atoms with Crippen LogP contribution < -0.4 is 15.2 Å². The number of hydrogen-bond acceptors (Lipinski definition) is 6. The normalized spacial score (nSPS) is 11.1. The van der Waals surface area contributed by atoms with E-state index >= 15 is 0 Å². The lowest BCUT2D eigenvalue weighted by Crippen LogP contribution is -1.99. The minimum atomic E-state index is -0.00475. The van der Waals surface area contributed by atoms with Gasteiger partial charge < -0.3 is 19.6 Å². The minimum Gasteiger partial charge on any atom is -0.493 e. The number of rotatable bonds is 6. The SMILES string of the molecule is COc1cc(/C=C/c2nnc(N)o2)cc(Cl)c1OCc1ccc(Cl)cc1Cl. The predicted octanol–water partition coefficient (Wildman–Crippen LogP) is 5.37. The van der Waals surface area contributed by atoms with Crippen molar-refractivity contribution < 1.29 is 13.9 Å². The summed E-state index contributed by atoms with van der Waals surface area (Å²) < 4.78 is 16.3. The van der Waals surface area contributed by atoms with E-state index in [4.69, 9.17) is 54.4 Å². The van der Waals surface area contributed by atoms with Crippen molar-refractivity contribution in [3.63, 3.8) is 0 Å². The summed E-state index contributed by atoms with van der Waals surface area (Å²) in [4.78, 5) is 0. The monoisotopic (exact) mass is 425 g/mol. The van der Waals surface area contributed by atoms with Gasteiger partial charge in [-0.05, 0) is 35.9 Å². The van der Waals surface area contributed by atoms with E-state index in [-0.39, 0.29) is 18.5 Å². The van der Waals surface area contributed by atoms with E-state index in [9.17, 15) is 0 Å². The highest BCUT2D eigenvalue weighted by Crippen LogP contribution is 2.38. The second-order valence-corrected chi connectivity index (χ2v) is 6.62. The van der Waals surface area contributed by atoms with Crippen LogP contribution in [0.2, 0.25) is 15.1 Å². The molecule has 1 heterocycles. The summed E-state index contributed by atoms with van der Waals surface area (Å²) in [6.45, 7) is 0.211. The van der Waals surface area contributed by atoms with Crippen LogP contribution in [0, 0.1) is 0 Å². The van der Waals surface area contributed by atoms with E-state index in [0.717, 1.165) is 11.1 Å². The van der Waals surface area contributed by atoms with Crippen LogP contribution in [0.1, 0.15) is 17.0 Å². The average Bonchev–Trinajstić information content (AvgIpc) is 3.05. The van der Waals surface area contributed by atoms with Crippen molar-refractivity contribution in [3.8, 4) is 11.5 Å². The quantitative estimate of drug-likeness (QED) is 0.570. The maximum absolute atomic E-state index is 6.37. The molecule has 0 saturated carbocycles. The van der Waals surface area contributed by atoms with E-state index in [1.54, 1.807) is 42.5 Å². The van der Waals surface area contributed by atoms with Gasteiger partial charge in [-0.3, -0.25) is 0 Å². The molecule has 0 saturated heterocycles. The highest BCUT2D eigenvalue weighted by atomic mass is 35.5. The van der Waals surface area contributed by atoms with Gasteiger partial charge in [-0.25, -0.2) is 0 Å². The third-order valence-corrected chi connectivity index (χ3v) is 4.38. The predicted molar refractivity (Wildman–Crippen MR) is 106 cm³/mol. The van der Waals surface area contributed by atoms with Gasteiger partial charge in [-0.2, -0.15) is 0 Å². The van der Waals surface area contributed by atoms with Crippen molar-refractivity contribution in [2.24, 2.45) is 0 Å². The van der Waals surface area contributed by atoms with Crippen molar-refractivity contribution in [1.29, 1.82) is 0 Å². The van der Waals surface area contributed by atoms with Gasteiger partial charge in [0.15, 0.2) is 11.5 Å². The maximum atomic E-state index is 6.37. The smallest absolute Gasteiger partial charge is 0.313 e. The van der Waals surface area contributed by atoms with E-state index in [2.05, 4.69) is 10.2 Å². The van der Waals surface area contributed by atoms with E-state index in [1.165, 1.54) is 7.11 Å². The zero-order valence-corrected chi connectivity index (χ0v) is 16.3. The molecule has 0 fully saturated rings. The summed E-state index contributed by atoms with van der Waals surface area (Å²) in [7, 11) is 1.53. The van der Waals surface area contributed by atoms with E-state index in [1.807, 2.05) is 0 Å². The summed E-state index contributed by atoms with van der Waals surface area (Å²) in [5.41, 5.74) is 6.92. The maximum Gasteiger partial charge on any atom is 0.313 e. The molecule has 2 N–H and O–H groups in total. The number of benzene rings is 2. The Morgan fingerprint density at radius 1 is 1.07 bits per heavy atom. The first-order valence-electron chi connectivity index (χ1n) is 7.67. The third kappa shape index (κ3) is 4.86. The molecular formula is C18H14Cl3N3O3. The van der Waals surface area contributed by atoms with Crippen LogP contribution in [0.3, 0.4) is 0 Å². The number of nitrogen functional groups attached to an aromatic ring is 1. The Bertz CT molecular complexity index is 989. The van der Waals surface area contributed by atoms with Gasteiger partial charge in [0, 0.05) is 21.7 Å². The second kappa shape index (κ2) is 8.52. The molecule has 0 unspecified atom stereocenters. The Balaban J connectivity index is 1.80. The van der Waals surface area contributed by atoms with Crippen molar-refractivity contribution in [2.45, 2.75) is 6.61 Å². The molecule has 140 valence electrons. The molecule has 0 atom stereocenters. The molecule has 3 aromatic rings. The second-order valence-electron chi connectivity index (χ2n) is 5.37. The number of methoxy groups -OCH3 is 1. The molecule has 0 amide bonds. The standard InChI is InChI=1S/C18H14Cl3N3O3/c1-25-15-7-10(2-5-16-23-24-18(22)27-16)6-14(21)17(15)26-9-11-3-4-12(19)8-13(11)20/h2-8H,9H2,1H3,(H2,22,24)/b5-2+. The lowest BCUT2D eigenvalue weighted by atomic mass is 10.2. The van der Waals surface area contributed by atoms with Gasteiger partial charge >= 0.3 is 6.01 Å². The molecule has 0 aliphatic carbocycles. The molecule has 27 heavy (non-hydrogen) atoms. The minimum absolute atomic E-state index is 0.00475. The molecule has 0 spiro atoms. The lowest BCUT2D eigenvalue weighted by Gasteiger charge is -2.14. The molecule has 0 radical (unpaired) electrons. The van der Waals surface area contributed by atoms with Crippen LogP contribution in [0.15, 0.2) is 34.7 Å². The van der Waals surface area contributed by atoms with Gasteiger partial charge in [0.05, 0.1) is 12.1 Å². The first-order valence-corrected chi connectivity index (χ1v) is 8.81.